The van der Waals surface area contributed by atoms with Gasteiger partial charge in [-0.1, -0.05) is 6.92 Å². The standard InChI is InChI=1S/C11H22N6O2/c1-4-7-19-11-14-9(16-12)13-10(15-11)17(3)6-5-8(2)18/h8,18H,4-7,12H2,1-3H3,(H,13,14,15,16). The average molecular weight is 270 g/mol. The van der Waals surface area contributed by atoms with Gasteiger partial charge in [0.2, 0.25) is 11.9 Å². The molecule has 1 rings (SSSR count). The van der Waals surface area contributed by atoms with Crippen molar-refractivity contribution in [2.75, 3.05) is 30.5 Å². The number of nitrogens with one attached hydrogen (secondary N) is 1. The zero-order valence-electron chi connectivity index (χ0n) is 11.6. The van der Waals surface area contributed by atoms with Crippen LogP contribution in [-0.4, -0.2) is 46.4 Å². The van der Waals surface area contributed by atoms with Crippen LogP contribution in [0, 0.1) is 0 Å². The molecule has 1 aromatic heterocycles. The molecule has 0 aliphatic rings. The van der Waals surface area contributed by atoms with E-state index >= 15 is 0 Å². The summed E-state index contributed by atoms with van der Waals surface area (Å²) in [6.07, 6.45) is 1.12. The topological polar surface area (TPSA) is 109 Å². The highest BCUT2D eigenvalue weighted by atomic mass is 16.5. The maximum absolute atomic E-state index is 9.28. The van der Waals surface area contributed by atoms with Gasteiger partial charge in [-0.15, -0.1) is 0 Å². The molecular weight excluding hydrogens is 248 g/mol. The van der Waals surface area contributed by atoms with Crippen molar-refractivity contribution in [3.63, 3.8) is 0 Å². The van der Waals surface area contributed by atoms with Gasteiger partial charge in [-0.05, 0) is 19.8 Å². The van der Waals surface area contributed by atoms with Crippen molar-refractivity contribution in [2.45, 2.75) is 32.8 Å². The maximum Gasteiger partial charge on any atom is 0.323 e. The van der Waals surface area contributed by atoms with E-state index in [1.165, 1.54) is 0 Å². The molecule has 0 saturated carbocycles. The normalized spacial score (nSPS) is 12.1. The lowest BCUT2D eigenvalue weighted by atomic mass is 10.3. The summed E-state index contributed by atoms with van der Waals surface area (Å²) in [5.41, 5.74) is 2.39. The lowest BCUT2D eigenvalue weighted by molar-refractivity contribution is 0.186. The Kier molecular flexibility index (Phi) is 6.23. The molecule has 0 bridgehead atoms. The Morgan fingerprint density at radius 3 is 2.74 bits per heavy atom. The number of nitrogens with two attached hydrogens (primary N) is 1. The van der Waals surface area contributed by atoms with Crippen LogP contribution >= 0.6 is 0 Å². The number of hydrogen-bond donors (Lipinski definition) is 3. The van der Waals surface area contributed by atoms with Crippen LogP contribution < -0.4 is 20.9 Å². The third kappa shape index (κ3) is 5.23. The molecule has 1 heterocycles. The fourth-order valence-corrected chi connectivity index (χ4v) is 1.32. The first kappa shape index (κ1) is 15.4. The molecule has 0 aliphatic carbocycles. The zero-order valence-corrected chi connectivity index (χ0v) is 11.6. The molecule has 0 saturated heterocycles. The number of hydrazine groups is 1. The average Bonchev–Trinajstić information content (AvgIpc) is 2.41. The van der Waals surface area contributed by atoms with Crippen molar-refractivity contribution in [2.24, 2.45) is 5.84 Å². The van der Waals surface area contributed by atoms with Crippen molar-refractivity contribution >= 4 is 11.9 Å². The van der Waals surface area contributed by atoms with E-state index in [9.17, 15) is 5.11 Å². The van der Waals surface area contributed by atoms with Gasteiger partial charge in [-0.2, -0.15) is 15.0 Å². The minimum absolute atomic E-state index is 0.240. The molecule has 19 heavy (non-hydrogen) atoms. The Morgan fingerprint density at radius 2 is 2.16 bits per heavy atom. The van der Waals surface area contributed by atoms with E-state index in [-0.39, 0.29) is 18.1 Å². The molecule has 0 radical (unpaired) electrons. The van der Waals surface area contributed by atoms with Crippen LogP contribution in [0.2, 0.25) is 0 Å². The maximum atomic E-state index is 9.28. The number of ether oxygens (including phenoxy) is 1. The lowest BCUT2D eigenvalue weighted by Crippen LogP contribution is -2.25. The number of aromatic nitrogens is 3. The van der Waals surface area contributed by atoms with Crippen molar-refractivity contribution in [3.05, 3.63) is 0 Å². The van der Waals surface area contributed by atoms with Gasteiger partial charge in [0.25, 0.3) is 0 Å². The minimum Gasteiger partial charge on any atom is -0.463 e. The Bertz CT molecular complexity index is 387. The minimum atomic E-state index is -0.368. The Hall–Kier alpha value is -1.67. The second-order valence-electron chi connectivity index (χ2n) is 4.29. The third-order valence-electron chi connectivity index (χ3n) is 2.39. The number of nitrogen functional groups attached to an aromatic ring is 1. The molecule has 0 fully saturated rings. The quantitative estimate of drug-likeness (QED) is 0.452. The van der Waals surface area contributed by atoms with Crippen molar-refractivity contribution in [1.82, 2.24) is 15.0 Å². The van der Waals surface area contributed by atoms with E-state index in [0.717, 1.165) is 6.42 Å². The monoisotopic (exact) mass is 270 g/mol. The molecule has 0 spiro atoms. The van der Waals surface area contributed by atoms with Crippen LogP contribution in [0.1, 0.15) is 26.7 Å². The van der Waals surface area contributed by atoms with Crippen molar-refractivity contribution in [3.8, 4) is 6.01 Å². The van der Waals surface area contributed by atoms with E-state index < -0.39 is 0 Å². The second kappa shape index (κ2) is 7.70. The SMILES string of the molecule is CCCOc1nc(NN)nc(N(C)CCC(C)O)n1. The van der Waals surface area contributed by atoms with Crippen molar-refractivity contribution < 1.29 is 9.84 Å². The lowest BCUT2D eigenvalue weighted by Gasteiger charge is -2.18. The highest BCUT2D eigenvalue weighted by Crippen LogP contribution is 2.14. The summed E-state index contributed by atoms with van der Waals surface area (Å²) in [5, 5.41) is 9.28. The van der Waals surface area contributed by atoms with E-state index in [1.54, 1.807) is 6.92 Å². The first-order chi connectivity index (χ1) is 9.06. The molecule has 8 heteroatoms. The first-order valence-corrected chi connectivity index (χ1v) is 6.31. The van der Waals surface area contributed by atoms with E-state index in [2.05, 4.69) is 20.4 Å². The summed E-state index contributed by atoms with van der Waals surface area (Å²) in [4.78, 5) is 14.2. The van der Waals surface area contributed by atoms with E-state index in [0.29, 0.717) is 25.5 Å². The summed E-state index contributed by atoms with van der Waals surface area (Å²) >= 11 is 0. The highest BCUT2D eigenvalue weighted by molar-refractivity contribution is 5.36. The predicted octanol–water partition coefficient (Wildman–Crippen LogP) is 0.153. The molecule has 0 aliphatic heterocycles. The summed E-state index contributed by atoms with van der Waals surface area (Å²) in [6.45, 7) is 4.90. The molecule has 4 N–H and O–H groups in total. The van der Waals surface area contributed by atoms with Crippen LogP contribution in [0.3, 0.4) is 0 Å². The van der Waals surface area contributed by atoms with Gasteiger partial charge >= 0.3 is 6.01 Å². The Morgan fingerprint density at radius 1 is 1.42 bits per heavy atom. The van der Waals surface area contributed by atoms with Gasteiger partial charge in [0.15, 0.2) is 0 Å². The van der Waals surface area contributed by atoms with Crippen LogP contribution in [0.25, 0.3) is 0 Å². The molecule has 0 amide bonds. The number of anilines is 2. The van der Waals surface area contributed by atoms with Gasteiger partial charge in [0.1, 0.15) is 0 Å². The molecule has 0 aromatic carbocycles. The highest BCUT2D eigenvalue weighted by Gasteiger charge is 2.11. The summed E-state index contributed by atoms with van der Waals surface area (Å²) < 4.78 is 5.38. The number of aliphatic hydroxyl groups is 1. The fraction of sp³-hybridized carbons (Fsp3) is 0.727. The summed E-state index contributed by atoms with van der Waals surface area (Å²) in [6, 6.07) is 0.240. The van der Waals surface area contributed by atoms with Gasteiger partial charge in [0.05, 0.1) is 12.7 Å². The predicted molar refractivity (Wildman–Crippen MR) is 73.0 cm³/mol. The van der Waals surface area contributed by atoms with Crippen LogP contribution in [-0.2, 0) is 0 Å². The third-order valence-corrected chi connectivity index (χ3v) is 2.39. The number of rotatable bonds is 8. The van der Waals surface area contributed by atoms with E-state index in [4.69, 9.17) is 10.6 Å². The molecule has 1 aromatic rings. The number of hydrogen-bond acceptors (Lipinski definition) is 8. The van der Waals surface area contributed by atoms with E-state index in [1.807, 2.05) is 18.9 Å². The zero-order chi connectivity index (χ0) is 14.3. The molecule has 1 unspecified atom stereocenters. The molecule has 1 atom stereocenters. The Labute approximate surface area is 113 Å². The van der Waals surface area contributed by atoms with Gasteiger partial charge in [0, 0.05) is 13.6 Å². The molecule has 108 valence electrons. The van der Waals surface area contributed by atoms with Gasteiger partial charge < -0.3 is 14.7 Å². The summed E-state index contributed by atoms with van der Waals surface area (Å²) in [5.74, 6) is 6.03. The molecule has 8 nitrogen and oxygen atoms in total. The number of aliphatic hydroxyl groups excluding tert-OH is 1. The first-order valence-electron chi connectivity index (χ1n) is 6.31. The Balaban J connectivity index is 2.79. The largest absolute Gasteiger partial charge is 0.463 e. The fourth-order valence-electron chi connectivity index (χ4n) is 1.32. The summed E-state index contributed by atoms with van der Waals surface area (Å²) in [7, 11) is 1.83. The van der Waals surface area contributed by atoms with Gasteiger partial charge in [-0.25, -0.2) is 5.84 Å². The van der Waals surface area contributed by atoms with Gasteiger partial charge in [-0.3, -0.25) is 5.43 Å². The smallest absolute Gasteiger partial charge is 0.323 e. The molecular formula is C11H22N6O2. The van der Waals surface area contributed by atoms with Crippen molar-refractivity contribution in [1.29, 1.82) is 0 Å². The van der Waals surface area contributed by atoms with Crippen LogP contribution in [0.5, 0.6) is 6.01 Å². The van der Waals surface area contributed by atoms with Crippen LogP contribution in [0.15, 0.2) is 0 Å². The van der Waals surface area contributed by atoms with Crippen LogP contribution in [0.4, 0.5) is 11.9 Å². The second-order valence-corrected chi connectivity index (χ2v) is 4.29. The number of nitrogens with zero attached hydrogens (tertiary/aromatic N) is 4.